The average Bonchev–Trinajstić information content (AvgIpc) is 2.70. The number of benzene rings is 1. The van der Waals surface area contributed by atoms with Gasteiger partial charge in [-0.3, -0.25) is 0 Å². The third kappa shape index (κ3) is 11.9. The van der Waals surface area contributed by atoms with E-state index in [-0.39, 0.29) is 0 Å². The highest BCUT2D eigenvalue weighted by Crippen LogP contribution is 2.18. The standard InChI is InChI=1S/C27H49N/c1-5-6-7-8-9-10-11-12-13-14-15-16-17-18-19-20-23-28-27-22-21-24(2)25(3)26(27)4/h21-22,28H,5-20,23H2,1-4H3/p+1. The predicted octanol–water partition coefficient (Wildman–Crippen LogP) is 8.07. The zero-order chi connectivity index (χ0) is 20.5. The van der Waals surface area contributed by atoms with Gasteiger partial charge in [0.15, 0.2) is 0 Å². The highest BCUT2D eigenvalue weighted by Gasteiger charge is 2.06. The van der Waals surface area contributed by atoms with Gasteiger partial charge in [-0.1, -0.05) is 103 Å². The van der Waals surface area contributed by atoms with E-state index in [9.17, 15) is 0 Å². The Morgan fingerprint density at radius 2 is 0.964 bits per heavy atom. The lowest BCUT2D eigenvalue weighted by molar-refractivity contribution is -0.572. The summed E-state index contributed by atoms with van der Waals surface area (Å²) in [5.41, 5.74) is 5.79. The molecule has 0 saturated carbocycles. The third-order valence-corrected chi connectivity index (χ3v) is 6.52. The molecule has 1 aromatic rings. The number of rotatable bonds is 18. The molecule has 2 N–H and O–H groups in total. The molecule has 0 saturated heterocycles. The maximum absolute atomic E-state index is 2.45. The van der Waals surface area contributed by atoms with Crippen molar-refractivity contribution in [1.82, 2.24) is 0 Å². The molecule has 1 aromatic carbocycles. The van der Waals surface area contributed by atoms with Crippen LogP contribution in [0.3, 0.4) is 0 Å². The van der Waals surface area contributed by atoms with E-state index < -0.39 is 0 Å². The third-order valence-electron chi connectivity index (χ3n) is 6.52. The van der Waals surface area contributed by atoms with Crippen LogP contribution in [0.25, 0.3) is 0 Å². The van der Waals surface area contributed by atoms with Crippen molar-refractivity contribution in [3.05, 3.63) is 28.8 Å². The van der Waals surface area contributed by atoms with Crippen molar-refractivity contribution < 1.29 is 5.32 Å². The molecular formula is C27H50N+. The zero-order valence-electron chi connectivity index (χ0n) is 19.8. The highest BCUT2D eigenvalue weighted by atomic mass is 14.9. The maximum atomic E-state index is 2.45. The van der Waals surface area contributed by atoms with Crippen LogP contribution in [-0.4, -0.2) is 6.54 Å². The molecule has 28 heavy (non-hydrogen) atoms. The van der Waals surface area contributed by atoms with Crippen molar-refractivity contribution in [3.63, 3.8) is 0 Å². The summed E-state index contributed by atoms with van der Waals surface area (Å²) in [6.45, 7) is 10.3. The fourth-order valence-corrected chi connectivity index (χ4v) is 4.15. The predicted molar refractivity (Wildman–Crippen MR) is 127 cm³/mol. The van der Waals surface area contributed by atoms with Gasteiger partial charge in [-0.2, -0.15) is 0 Å². The van der Waals surface area contributed by atoms with Crippen molar-refractivity contribution in [2.75, 3.05) is 6.54 Å². The Kier molecular flexibility index (Phi) is 15.4. The van der Waals surface area contributed by atoms with Crippen LogP contribution >= 0.6 is 0 Å². The Labute approximate surface area is 177 Å². The molecule has 1 nitrogen and oxygen atoms in total. The van der Waals surface area contributed by atoms with E-state index in [4.69, 9.17) is 0 Å². The molecule has 0 aromatic heterocycles. The van der Waals surface area contributed by atoms with Gasteiger partial charge in [0.25, 0.3) is 0 Å². The molecule has 0 bridgehead atoms. The SMILES string of the molecule is CCCCCCCCCCCCCCCCCC[NH2+]c1ccc(C)c(C)c1C. The first-order valence-corrected chi connectivity index (χ1v) is 12.6. The van der Waals surface area contributed by atoms with Crippen molar-refractivity contribution in [2.45, 2.75) is 130 Å². The van der Waals surface area contributed by atoms with Crippen LogP contribution in [0.2, 0.25) is 0 Å². The summed E-state index contributed by atoms with van der Waals surface area (Å²) in [4.78, 5) is 0. The normalized spacial score (nSPS) is 11.3. The molecule has 0 aliphatic carbocycles. The minimum atomic E-state index is 1.24. The lowest BCUT2D eigenvalue weighted by atomic mass is 10.0. The fourth-order valence-electron chi connectivity index (χ4n) is 4.15. The van der Waals surface area contributed by atoms with Crippen LogP contribution in [0.15, 0.2) is 12.1 Å². The van der Waals surface area contributed by atoms with E-state index in [1.807, 2.05) is 0 Å². The van der Waals surface area contributed by atoms with Crippen LogP contribution in [0.1, 0.15) is 126 Å². The smallest absolute Gasteiger partial charge is 0.132 e. The molecule has 0 aliphatic rings. The number of hydrogen-bond acceptors (Lipinski definition) is 0. The zero-order valence-corrected chi connectivity index (χ0v) is 19.8. The van der Waals surface area contributed by atoms with Gasteiger partial charge in [0.05, 0.1) is 6.54 Å². The van der Waals surface area contributed by atoms with E-state index in [1.165, 1.54) is 132 Å². The second-order valence-corrected chi connectivity index (χ2v) is 9.02. The minimum absolute atomic E-state index is 1.24. The molecule has 0 radical (unpaired) electrons. The van der Waals surface area contributed by atoms with Gasteiger partial charge in [0.2, 0.25) is 0 Å². The summed E-state index contributed by atoms with van der Waals surface area (Å²) in [6.07, 6.45) is 23.1. The Balaban J connectivity index is 1.83. The number of unbranched alkanes of at least 4 members (excludes halogenated alkanes) is 15. The second-order valence-electron chi connectivity index (χ2n) is 9.02. The van der Waals surface area contributed by atoms with Gasteiger partial charge in [0.1, 0.15) is 5.69 Å². The number of aryl methyl sites for hydroxylation is 1. The monoisotopic (exact) mass is 388 g/mol. The summed E-state index contributed by atoms with van der Waals surface area (Å²) in [5.74, 6) is 0. The van der Waals surface area contributed by atoms with Crippen molar-refractivity contribution in [3.8, 4) is 0 Å². The van der Waals surface area contributed by atoms with Gasteiger partial charge >= 0.3 is 0 Å². The highest BCUT2D eigenvalue weighted by molar-refractivity contribution is 5.46. The quantitative estimate of drug-likeness (QED) is 0.193. The van der Waals surface area contributed by atoms with Crippen molar-refractivity contribution >= 4 is 5.69 Å². The largest absolute Gasteiger partial charge is 0.314 e. The van der Waals surface area contributed by atoms with Gasteiger partial charge in [-0.25, -0.2) is 0 Å². The Hall–Kier alpha value is -0.820. The number of hydrogen-bond donors (Lipinski definition) is 1. The fraction of sp³-hybridized carbons (Fsp3) is 0.778. The molecule has 1 heteroatoms. The summed E-state index contributed by atoms with van der Waals surface area (Å²) < 4.78 is 0. The Bertz CT molecular complexity index is 491. The molecule has 0 fully saturated rings. The van der Waals surface area contributed by atoms with E-state index in [0.717, 1.165) is 0 Å². The molecule has 0 amide bonds. The Morgan fingerprint density at radius 3 is 1.43 bits per heavy atom. The van der Waals surface area contributed by atoms with Crippen molar-refractivity contribution in [1.29, 1.82) is 0 Å². The molecule has 0 atom stereocenters. The first kappa shape index (κ1) is 25.2. The van der Waals surface area contributed by atoms with Crippen LogP contribution < -0.4 is 5.32 Å². The molecule has 162 valence electrons. The van der Waals surface area contributed by atoms with Crippen LogP contribution in [0.4, 0.5) is 5.69 Å². The molecule has 0 spiro atoms. The first-order chi connectivity index (χ1) is 13.7. The maximum Gasteiger partial charge on any atom is 0.132 e. The second kappa shape index (κ2) is 17.1. The number of nitrogens with two attached hydrogens (primary N) is 1. The van der Waals surface area contributed by atoms with Crippen LogP contribution in [0.5, 0.6) is 0 Å². The van der Waals surface area contributed by atoms with Crippen LogP contribution in [0, 0.1) is 20.8 Å². The van der Waals surface area contributed by atoms with Crippen molar-refractivity contribution in [2.24, 2.45) is 0 Å². The summed E-state index contributed by atoms with van der Waals surface area (Å²) in [7, 11) is 0. The molecule has 1 rings (SSSR count). The molecule has 0 unspecified atom stereocenters. The van der Waals surface area contributed by atoms with E-state index in [1.54, 1.807) is 0 Å². The first-order valence-electron chi connectivity index (χ1n) is 12.6. The van der Waals surface area contributed by atoms with Crippen LogP contribution in [-0.2, 0) is 0 Å². The van der Waals surface area contributed by atoms with Gasteiger partial charge < -0.3 is 5.32 Å². The van der Waals surface area contributed by atoms with Gasteiger partial charge in [0, 0.05) is 5.56 Å². The summed E-state index contributed by atoms with van der Waals surface area (Å²) in [6, 6.07) is 4.56. The van der Waals surface area contributed by atoms with E-state index in [2.05, 4.69) is 45.1 Å². The minimum Gasteiger partial charge on any atom is -0.314 e. The Morgan fingerprint density at radius 1 is 0.536 bits per heavy atom. The average molecular weight is 389 g/mol. The van der Waals surface area contributed by atoms with Gasteiger partial charge in [-0.15, -0.1) is 0 Å². The van der Waals surface area contributed by atoms with Gasteiger partial charge in [-0.05, 0) is 50.8 Å². The topological polar surface area (TPSA) is 16.6 Å². The van der Waals surface area contributed by atoms with E-state index in [0.29, 0.717) is 0 Å². The lowest BCUT2D eigenvalue weighted by Crippen LogP contribution is -2.78. The summed E-state index contributed by atoms with van der Waals surface area (Å²) in [5, 5.41) is 2.45. The molecule has 0 heterocycles. The molecular weight excluding hydrogens is 338 g/mol. The lowest BCUT2D eigenvalue weighted by Gasteiger charge is -2.09. The number of quaternary nitrogens is 1. The van der Waals surface area contributed by atoms with E-state index >= 15 is 0 Å². The summed E-state index contributed by atoms with van der Waals surface area (Å²) >= 11 is 0. The molecule has 0 aliphatic heterocycles.